The molecule has 1 saturated heterocycles. The quantitative estimate of drug-likeness (QED) is 0.504. The Hall–Kier alpha value is -2.73. The largest absolute Gasteiger partial charge is 0.379 e. The number of sulfonamides is 1. The van der Waals surface area contributed by atoms with Crippen molar-refractivity contribution >= 4 is 33.4 Å². The number of aromatic nitrogens is 2. The van der Waals surface area contributed by atoms with Crippen molar-refractivity contribution < 1.29 is 22.5 Å². The molecule has 0 radical (unpaired) electrons. The second kappa shape index (κ2) is 10.0. The van der Waals surface area contributed by atoms with Crippen LogP contribution < -0.4 is 5.32 Å². The molecule has 1 aliphatic rings. The van der Waals surface area contributed by atoms with Gasteiger partial charge in [0, 0.05) is 36.3 Å². The summed E-state index contributed by atoms with van der Waals surface area (Å²) in [6, 6.07) is 9.56. The van der Waals surface area contributed by atoms with Crippen molar-refractivity contribution in [1.82, 2.24) is 14.4 Å². The molecule has 3 heterocycles. The van der Waals surface area contributed by atoms with Crippen molar-refractivity contribution in [1.29, 1.82) is 0 Å². The van der Waals surface area contributed by atoms with Gasteiger partial charge in [0.15, 0.2) is 0 Å². The van der Waals surface area contributed by atoms with Crippen LogP contribution in [0.15, 0.2) is 57.0 Å². The first-order chi connectivity index (χ1) is 15.9. The number of ether oxygens (including phenoxy) is 1. The van der Waals surface area contributed by atoms with Crippen LogP contribution in [0, 0.1) is 13.8 Å². The highest BCUT2D eigenvalue weighted by Crippen LogP contribution is 2.28. The van der Waals surface area contributed by atoms with E-state index in [-0.39, 0.29) is 10.8 Å². The van der Waals surface area contributed by atoms with E-state index < -0.39 is 10.0 Å². The van der Waals surface area contributed by atoms with Crippen LogP contribution in [0.25, 0.3) is 0 Å². The summed E-state index contributed by atoms with van der Waals surface area (Å²) in [5.74, 6) is 0.995. The molecular weight excluding hydrogens is 464 g/mol. The van der Waals surface area contributed by atoms with Crippen molar-refractivity contribution in [3.63, 3.8) is 0 Å². The molecule has 33 heavy (non-hydrogen) atoms. The molecule has 0 atom stereocenters. The highest BCUT2D eigenvalue weighted by molar-refractivity contribution is 7.98. The van der Waals surface area contributed by atoms with Crippen molar-refractivity contribution in [3.8, 4) is 0 Å². The van der Waals surface area contributed by atoms with Gasteiger partial charge in [-0.05, 0) is 50.2 Å². The molecule has 1 N–H and O–H groups in total. The predicted molar refractivity (Wildman–Crippen MR) is 124 cm³/mol. The van der Waals surface area contributed by atoms with Gasteiger partial charge in [0.25, 0.3) is 5.91 Å². The van der Waals surface area contributed by atoms with Gasteiger partial charge in [0.1, 0.15) is 10.8 Å². The van der Waals surface area contributed by atoms with E-state index in [4.69, 9.17) is 9.26 Å². The number of anilines is 1. The molecule has 0 aliphatic carbocycles. The highest BCUT2D eigenvalue weighted by Gasteiger charge is 2.26. The zero-order valence-corrected chi connectivity index (χ0v) is 19.9. The number of rotatable bonds is 7. The van der Waals surface area contributed by atoms with Crippen LogP contribution in [0.5, 0.6) is 0 Å². The molecule has 9 nitrogen and oxygen atoms in total. The Balaban J connectivity index is 1.45. The number of benzene rings is 1. The van der Waals surface area contributed by atoms with Crippen LogP contribution in [0.2, 0.25) is 0 Å². The molecule has 174 valence electrons. The molecular formula is C22H24N4O5S2. The number of hydrogen-bond acceptors (Lipinski definition) is 8. The standard InChI is InChI=1S/C22H24N4O5S2/c1-15-20(16(2)31-25-15)14-32-22-19(4-3-9-23-22)21(27)24-17-5-7-18(8-6-17)33(28,29)26-10-12-30-13-11-26/h3-9H,10-14H2,1-2H3,(H,24,27). The molecule has 1 fully saturated rings. The summed E-state index contributed by atoms with van der Waals surface area (Å²) in [5.41, 5.74) is 2.72. The van der Waals surface area contributed by atoms with Crippen LogP contribution >= 0.6 is 11.8 Å². The van der Waals surface area contributed by atoms with Gasteiger partial charge in [-0.3, -0.25) is 4.79 Å². The Bertz CT molecular complexity index is 1220. The average molecular weight is 489 g/mol. The van der Waals surface area contributed by atoms with Gasteiger partial charge in [-0.15, -0.1) is 11.8 Å². The summed E-state index contributed by atoms with van der Waals surface area (Å²) < 4.78 is 37.4. The summed E-state index contributed by atoms with van der Waals surface area (Å²) >= 11 is 1.43. The van der Waals surface area contributed by atoms with Gasteiger partial charge in [0.05, 0.1) is 29.4 Å². The number of carbonyl (C=O) groups is 1. The molecule has 11 heteroatoms. The monoisotopic (exact) mass is 488 g/mol. The molecule has 0 spiro atoms. The maximum Gasteiger partial charge on any atom is 0.258 e. The lowest BCUT2D eigenvalue weighted by Gasteiger charge is -2.26. The second-order valence-corrected chi connectivity index (χ2v) is 10.3. The van der Waals surface area contributed by atoms with Crippen molar-refractivity contribution in [2.75, 3.05) is 31.6 Å². The molecule has 2 aromatic heterocycles. The maximum atomic E-state index is 12.9. The average Bonchev–Trinajstić information content (AvgIpc) is 3.15. The van der Waals surface area contributed by atoms with E-state index in [1.807, 2.05) is 13.8 Å². The highest BCUT2D eigenvalue weighted by atomic mass is 32.2. The lowest BCUT2D eigenvalue weighted by Crippen LogP contribution is -2.40. The van der Waals surface area contributed by atoms with E-state index in [0.717, 1.165) is 17.0 Å². The van der Waals surface area contributed by atoms with E-state index in [0.29, 0.717) is 48.3 Å². The summed E-state index contributed by atoms with van der Waals surface area (Å²) in [4.78, 5) is 17.5. The van der Waals surface area contributed by atoms with E-state index in [2.05, 4.69) is 15.5 Å². The summed E-state index contributed by atoms with van der Waals surface area (Å²) in [5, 5.41) is 7.36. The first-order valence-corrected chi connectivity index (χ1v) is 12.8. The molecule has 0 saturated carbocycles. The fraction of sp³-hybridized carbons (Fsp3) is 0.318. The number of thioether (sulfide) groups is 1. The molecule has 1 amide bonds. The van der Waals surface area contributed by atoms with Gasteiger partial charge in [-0.2, -0.15) is 4.31 Å². The van der Waals surface area contributed by atoms with Crippen molar-refractivity contribution in [3.05, 3.63) is 65.2 Å². The minimum absolute atomic E-state index is 0.180. The van der Waals surface area contributed by atoms with Crippen LogP contribution in [0.4, 0.5) is 5.69 Å². The number of amides is 1. The lowest BCUT2D eigenvalue weighted by atomic mass is 10.2. The van der Waals surface area contributed by atoms with Gasteiger partial charge < -0.3 is 14.6 Å². The third kappa shape index (κ3) is 5.27. The molecule has 1 aliphatic heterocycles. The zero-order chi connectivity index (χ0) is 23.4. The number of hydrogen-bond donors (Lipinski definition) is 1. The third-order valence-corrected chi connectivity index (χ3v) is 8.21. The van der Waals surface area contributed by atoms with Crippen LogP contribution in [-0.4, -0.2) is 55.1 Å². The number of nitrogens with zero attached hydrogens (tertiary/aromatic N) is 3. The topological polar surface area (TPSA) is 115 Å². The maximum absolute atomic E-state index is 12.9. The fourth-order valence-corrected chi connectivity index (χ4v) is 5.92. The molecule has 0 unspecified atom stereocenters. The van der Waals surface area contributed by atoms with E-state index in [9.17, 15) is 13.2 Å². The van der Waals surface area contributed by atoms with E-state index in [1.165, 1.54) is 28.2 Å². The fourth-order valence-electron chi connectivity index (χ4n) is 3.37. The van der Waals surface area contributed by atoms with Gasteiger partial charge >= 0.3 is 0 Å². The Morgan fingerprint density at radius 3 is 2.55 bits per heavy atom. The SMILES string of the molecule is Cc1noc(C)c1CSc1ncccc1C(=O)Nc1ccc(S(=O)(=O)N2CCOCC2)cc1. The van der Waals surface area contributed by atoms with Crippen LogP contribution in [0.3, 0.4) is 0 Å². The number of carbonyl (C=O) groups excluding carboxylic acids is 1. The Kier molecular flexibility index (Phi) is 7.13. The van der Waals surface area contributed by atoms with Crippen LogP contribution in [-0.2, 0) is 20.5 Å². The Labute approximate surface area is 196 Å². The minimum atomic E-state index is -3.59. The first kappa shape index (κ1) is 23.4. The molecule has 4 rings (SSSR count). The molecule has 3 aromatic rings. The smallest absolute Gasteiger partial charge is 0.258 e. The van der Waals surface area contributed by atoms with Crippen LogP contribution in [0.1, 0.15) is 27.4 Å². The lowest BCUT2D eigenvalue weighted by molar-refractivity contribution is 0.0730. The van der Waals surface area contributed by atoms with Crippen molar-refractivity contribution in [2.45, 2.75) is 29.5 Å². The minimum Gasteiger partial charge on any atom is -0.379 e. The van der Waals surface area contributed by atoms with Crippen molar-refractivity contribution in [2.24, 2.45) is 0 Å². The Morgan fingerprint density at radius 2 is 1.88 bits per heavy atom. The third-order valence-electron chi connectivity index (χ3n) is 5.27. The van der Waals surface area contributed by atoms with E-state index in [1.54, 1.807) is 30.5 Å². The summed E-state index contributed by atoms with van der Waals surface area (Å²) in [7, 11) is -3.59. The zero-order valence-electron chi connectivity index (χ0n) is 18.3. The molecule has 0 bridgehead atoms. The number of nitrogens with one attached hydrogen (secondary N) is 1. The molecule has 1 aromatic carbocycles. The van der Waals surface area contributed by atoms with Gasteiger partial charge in [-0.1, -0.05) is 5.16 Å². The summed E-state index contributed by atoms with van der Waals surface area (Å²) in [6.07, 6.45) is 1.64. The van der Waals surface area contributed by atoms with E-state index >= 15 is 0 Å². The first-order valence-electron chi connectivity index (χ1n) is 10.3. The van der Waals surface area contributed by atoms with Gasteiger partial charge in [-0.25, -0.2) is 13.4 Å². The normalized spacial score (nSPS) is 14.8. The number of morpholine rings is 1. The summed E-state index contributed by atoms with van der Waals surface area (Å²) in [6.45, 7) is 5.16. The predicted octanol–water partition coefficient (Wildman–Crippen LogP) is 3.25. The second-order valence-electron chi connectivity index (χ2n) is 7.44. The van der Waals surface area contributed by atoms with Gasteiger partial charge in [0.2, 0.25) is 10.0 Å². The number of aryl methyl sites for hydroxylation is 2. The Morgan fingerprint density at radius 1 is 1.15 bits per heavy atom. The number of pyridine rings is 1.